The fraction of sp³-hybridized carbons (Fsp3) is 0.0476. The van der Waals surface area contributed by atoms with E-state index in [2.05, 4.69) is 15.0 Å². The summed E-state index contributed by atoms with van der Waals surface area (Å²) < 4.78 is 25.2. The summed E-state index contributed by atoms with van der Waals surface area (Å²) in [5.41, 5.74) is 9.53. The second-order valence-electron chi connectivity index (χ2n) is 6.71. The molecule has 4 rings (SSSR count). The van der Waals surface area contributed by atoms with E-state index >= 15 is 0 Å². The standard InChI is InChI=1S/C21H18N4O3S/c1-29(27,28)25-14-11-9-13(10-12-14)23-19-15-5-2-3-8-18(15)24-20-16(19)6-4-7-17(20)21(22)26/h2-12,25H,1H3,(H2,22,26)(H,23,24)/p+1. The third kappa shape index (κ3) is 3.83. The van der Waals surface area contributed by atoms with Crippen LogP contribution in [0, 0.1) is 0 Å². The highest BCUT2D eigenvalue weighted by atomic mass is 32.2. The van der Waals surface area contributed by atoms with Gasteiger partial charge in [-0.05, 0) is 42.5 Å². The van der Waals surface area contributed by atoms with E-state index in [-0.39, 0.29) is 0 Å². The molecule has 0 aliphatic rings. The topological polar surface area (TPSA) is 115 Å². The van der Waals surface area contributed by atoms with Crippen LogP contribution in [-0.2, 0) is 10.0 Å². The molecule has 0 aliphatic carbocycles. The molecule has 0 spiro atoms. The van der Waals surface area contributed by atoms with E-state index in [1.165, 1.54) is 0 Å². The molecular formula is C21H19N4O3S+. The van der Waals surface area contributed by atoms with Crippen molar-refractivity contribution >= 4 is 54.8 Å². The van der Waals surface area contributed by atoms with Crippen LogP contribution in [-0.4, -0.2) is 20.6 Å². The van der Waals surface area contributed by atoms with Gasteiger partial charge in [0.05, 0.1) is 22.7 Å². The number of nitrogens with one attached hydrogen (secondary N) is 3. The van der Waals surface area contributed by atoms with Crippen molar-refractivity contribution < 1.29 is 18.2 Å². The van der Waals surface area contributed by atoms with E-state index in [9.17, 15) is 13.2 Å². The van der Waals surface area contributed by atoms with Gasteiger partial charge in [0.2, 0.25) is 21.1 Å². The number of hydrogen-bond acceptors (Lipinski definition) is 4. The number of carbonyl (C=O) groups excluding carboxylic acids is 1. The Labute approximate surface area is 167 Å². The number of pyridine rings is 1. The van der Waals surface area contributed by atoms with E-state index in [4.69, 9.17) is 5.73 Å². The zero-order chi connectivity index (χ0) is 20.6. The molecule has 29 heavy (non-hydrogen) atoms. The van der Waals surface area contributed by atoms with Crippen LogP contribution >= 0.6 is 0 Å². The Hall–Kier alpha value is -3.65. The van der Waals surface area contributed by atoms with Gasteiger partial charge in [-0.25, -0.2) is 13.4 Å². The molecule has 0 saturated heterocycles. The highest BCUT2D eigenvalue weighted by Crippen LogP contribution is 2.32. The highest BCUT2D eigenvalue weighted by Gasteiger charge is 2.19. The largest absolute Gasteiger partial charge is 0.365 e. The van der Waals surface area contributed by atoms with Crippen LogP contribution in [0.3, 0.4) is 0 Å². The van der Waals surface area contributed by atoms with Crippen molar-refractivity contribution in [1.82, 2.24) is 0 Å². The molecule has 1 aromatic heterocycles. The number of aromatic amines is 1. The lowest BCUT2D eigenvalue weighted by Gasteiger charge is -2.12. The number of primary amides is 1. The monoisotopic (exact) mass is 407 g/mol. The first-order valence-corrected chi connectivity index (χ1v) is 10.7. The Morgan fingerprint density at radius 1 is 0.897 bits per heavy atom. The quantitative estimate of drug-likeness (QED) is 0.441. The van der Waals surface area contributed by atoms with Gasteiger partial charge >= 0.3 is 0 Å². The van der Waals surface area contributed by atoms with E-state index in [0.29, 0.717) is 16.8 Å². The lowest BCUT2D eigenvalue weighted by Crippen LogP contribution is -2.17. The number of H-pyrrole nitrogens is 1. The zero-order valence-corrected chi connectivity index (χ0v) is 16.4. The number of para-hydroxylation sites is 2. The van der Waals surface area contributed by atoms with Crippen molar-refractivity contribution in [2.75, 3.05) is 16.3 Å². The third-order valence-electron chi connectivity index (χ3n) is 4.51. The Kier molecular flexibility index (Phi) is 4.56. The summed E-state index contributed by atoms with van der Waals surface area (Å²) in [6.45, 7) is 0. The molecule has 5 N–H and O–H groups in total. The molecule has 7 nitrogen and oxygen atoms in total. The molecule has 0 atom stereocenters. The number of nitrogens with two attached hydrogens (primary N) is 1. The van der Waals surface area contributed by atoms with E-state index < -0.39 is 15.9 Å². The summed E-state index contributed by atoms with van der Waals surface area (Å²) in [6, 6.07) is 20.0. The van der Waals surface area contributed by atoms with Crippen LogP contribution < -0.4 is 20.8 Å². The summed E-state index contributed by atoms with van der Waals surface area (Å²) in [6.07, 6.45) is 1.11. The van der Waals surface area contributed by atoms with Crippen LogP contribution in [0.5, 0.6) is 0 Å². The molecule has 4 aromatic rings. The number of rotatable bonds is 5. The summed E-state index contributed by atoms with van der Waals surface area (Å²) in [5.74, 6) is -0.510. The fourth-order valence-electron chi connectivity index (χ4n) is 3.31. The maximum Gasteiger partial charge on any atom is 0.255 e. The zero-order valence-electron chi connectivity index (χ0n) is 15.6. The first-order chi connectivity index (χ1) is 13.8. The number of anilines is 3. The van der Waals surface area contributed by atoms with Crippen LogP contribution in [0.1, 0.15) is 10.4 Å². The maximum atomic E-state index is 11.9. The summed E-state index contributed by atoms with van der Waals surface area (Å²) in [4.78, 5) is 15.2. The van der Waals surface area contributed by atoms with Gasteiger partial charge in [0.1, 0.15) is 5.56 Å². The van der Waals surface area contributed by atoms with E-state index in [1.54, 1.807) is 36.4 Å². The summed E-state index contributed by atoms with van der Waals surface area (Å²) >= 11 is 0. The number of hydrogen-bond donors (Lipinski definition) is 3. The number of aromatic nitrogens is 1. The second-order valence-corrected chi connectivity index (χ2v) is 8.46. The molecule has 1 heterocycles. The van der Waals surface area contributed by atoms with Crippen LogP contribution in [0.2, 0.25) is 0 Å². The molecule has 8 heteroatoms. The number of fused-ring (bicyclic) bond motifs is 2. The smallest absolute Gasteiger partial charge is 0.255 e. The number of benzene rings is 3. The van der Waals surface area contributed by atoms with Crippen LogP contribution in [0.4, 0.5) is 17.1 Å². The van der Waals surface area contributed by atoms with Crippen LogP contribution in [0.15, 0.2) is 66.7 Å². The third-order valence-corrected chi connectivity index (χ3v) is 5.12. The summed E-state index contributed by atoms with van der Waals surface area (Å²) in [7, 11) is -3.34. The number of sulfonamides is 1. The molecule has 0 fully saturated rings. The molecule has 0 unspecified atom stereocenters. The minimum Gasteiger partial charge on any atom is -0.365 e. The van der Waals surface area contributed by atoms with Gasteiger partial charge in [0.15, 0.2) is 0 Å². The van der Waals surface area contributed by atoms with Gasteiger partial charge in [-0.1, -0.05) is 18.2 Å². The Morgan fingerprint density at radius 2 is 1.55 bits per heavy atom. The molecule has 0 saturated carbocycles. The van der Waals surface area contributed by atoms with Crippen molar-refractivity contribution in [3.05, 3.63) is 72.3 Å². The Morgan fingerprint density at radius 3 is 2.24 bits per heavy atom. The molecule has 0 aliphatic heterocycles. The first kappa shape index (κ1) is 18.7. The van der Waals surface area contributed by atoms with Crippen molar-refractivity contribution in [1.29, 1.82) is 0 Å². The van der Waals surface area contributed by atoms with Crippen LogP contribution in [0.25, 0.3) is 21.8 Å². The molecule has 3 aromatic carbocycles. The Balaban J connectivity index is 1.85. The number of carbonyl (C=O) groups is 1. The fourth-order valence-corrected chi connectivity index (χ4v) is 3.87. The average Bonchev–Trinajstić information content (AvgIpc) is 2.67. The lowest BCUT2D eigenvalue weighted by molar-refractivity contribution is -0.310. The van der Waals surface area contributed by atoms with Gasteiger partial charge in [0, 0.05) is 17.4 Å². The summed E-state index contributed by atoms with van der Waals surface area (Å²) in [5, 5.41) is 5.16. The number of amides is 1. The molecular weight excluding hydrogens is 388 g/mol. The van der Waals surface area contributed by atoms with Gasteiger partial charge in [-0.3, -0.25) is 9.52 Å². The minimum atomic E-state index is -3.34. The molecule has 0 bridgehead atoms. The normalized spacial score (nSPS) is 11.5. The van der Waals surface area contributed by atoms with Gasteiger partial charge in [-0.15, -0.1) is 0 Å². The van der Waals surface area contributed by atoms with Gasteiger partial charge in [-0.2, -0.15) is 0 Å². The van der Waals surface area contributed by atoms with E-state index in [0.717, 1.165) is 33.9 Å². The van der Waals surface area contributed by atoms with E-state index in [1.807, 2.05) is 30.3 Å². The van der Waals surface area contributed by atoms with Gasteiger partial charge < -0.3 is 11.1 Å². The SMILES string of the molecule is CS(=O)(=O)Nc1ccc(Nc2c3ccccc3[nH+]c3c(C(N)=O)cccc23)cc1. The first-order valence-electron chi connectivity index (χ1n) is 8.83. The minimum absolute atomic E-state index is 0.406. The van der Waals surface area contributed by atoms with Crippen molar-refractivity contribution in [2.45, 2.75) is 0 Å². The van der Waals surface area contributed by atoms with Gasteiger partial charge in [0.25, 0.3) is 5.91 Å². The van der Waals surface area contributed by atoms with Crippen molar-refractivity contribution in [3.8, 4) is 0 Å². The van der Waals surface area contributed by atoms with Crippen molar-refractivity contribution in [2.24, 2.45) is 5.73 Å². The lowest BCUT2D eigenvalue weighted by atomic mass is 10.0. The van der Waals surface area contributed by atoms with Crippen molar-refractivity contribution in [3.63, 3.8) is 0 Å². The molecule has 0 radical (unpaired) electrons. The predicted molar refractivity (Wildman–Crippen MR) is 115 cm³/mol. The molecule has 146 valence electrons. The predicted octanol–water partition coefficient (Wildman–Crippen LogP) is 3.02. The Bertz CT molecular complexity index is 1350. The second kappa shape index (κ2) is 7.06. The average molecular weight is 407 g/mol. The molecule has 1 amide bonds. The maximum absolute atomic E-state index is 11.9. The highest BCUT2D eigenvalue weighted by molar-refractivity contribution is 7.92.